The van der Waals surface area contributed by atoms with Crippen LogP contribution in [0.3, 0.4) is 0 Å². The molecule has 2 N–H and O–H groups in total. The SMILES string of the molecule is NOCC#Cc1ccccc1F. The highest BCUT2D eigenvalue weighted by Crippen LogP contribution is 2.03. The van der Waals surface area contributed by atoms with Crippen LogP contribution in [-0.2, 0) is 4.84 Å². The van der Waals surface area contributed by atoms with E-state index in [1.54, 1.807) is 18.2 Å². The second-order valence-electron chi connectivity index (χ2n) is 2.09. The van der Waals surface area contributed by atoms with Crippen LogP contribution in [0.25, 0.3) is 0 Å². The molecule has 0 aromatic heterocycles. The molecule has 1 aromatic carbocycles. The van der Waals surface area contributed by atoms with Crippen molar-refractivity contribution in [2.24, 2.45) is 5.90 Å². The summed E-state index contributed by atoms with van der Waals surface area (Å²) in [7, 11) is 0. The zero-order chi connectivity index (χ0) is 8.81. The van der Waals surface area contributed by atoms with E-state index in [-0.39, 0.29) is 12.4 Å². The maximum atomic E-state index is 12.8. The molecule has 0 saturated carbocycles. The quantitative estimate of drug-likeness (QED) is 0.499. The van der Waals surface area contributed by atoms with Gasteiger partial charge in [-0.3, -0.25) is 4.84 Å². The fourth-order valence-electron chi connectivity index (χ4n) is 0.736. The molecule has 0 unspecified atom stereocenters. The Morgan fingerprint density at radius 1 is 1.42 bits per heavy atom. The third-order valence-corrected chi connectivity index (χ3v) is 1.25. The predicted molar refractivity (Wildman–Crippen MR) is 43.4 cm³/mol. The first-order chi connectivity index (χ1) is 5.84. The van der Waals surface area contributed by atoms with Crippen molar-refractivity contribution in [1.82, 2.24) is 0 Å². The summed E-state index contributed by atoms with van der Waals surface area (Å²) in [6.07, 6.45) is 0. The Balaban J connectivity index is 2.77. The highest BCUT2D eigenvalue weighted by Gasteiger charge is 1.93. The van der Waals surface area contributed by atoms with E-state index in [0.717, 1.165) is 0 Å². The molecule has 12 heavy (non-hydrogen) atoms. The molecular weight excluding hydrogens is 157 g/mol. The summed E-state index contributed by atoms with van der Waals surface area (Å²) >= 11 is 0. The molecule has 1 aromatic rings. The predicted octanol–water partition coefficient (Wildman–Crippen LogP) is 1.07. The lowest BCUT2D eigenvalue weighted by molar-refractivity contribution is 0.173. The molecule has 0 saturated heterocycles. The summed E-state index contributed by atoms with van der Waals surface area (Å²) in [6.45, 7) is 0.105. The smallest absolute Gasteiger partial charge is 0.138 e. The number of halogens is 1. The molecule has 0 atom stereocenters. The van der Waals surface area contributed by atoms with Crippen molar-refractivity contribution in [3.8, 4) is 11.8 Å². The van der Waals surface area contributed by atoms with Gasteiger partial charge in [0.2, 0.25) is 0 Å². The minimum atomic E-state index is -0.331. The van der Waals surface area contributed by atoms with Crippen LogP contribution in [0, 0.1) is 17.7 Å². The van der Waals surface area contributed by atoms with Gasteiger partial charge in [-0.1, -0.05) is 24.0 Å². The zero-order valence-corrected chi connectivity index (χ0v) is 6.38. The van der Waals surface area contributed by atoms with Crippen molar-refractivity contribution in [3.63, 3.8) is 0 Å². The van der Waals surface area contributed by atoms with E-state index in [9.17, 15) is 4.39 Å². The molecule has 0 aliphatic rings. The third-order valence-electron chi connectivity index (χ3n) is 1.25. The molecule has 0 heterocycles. The minimum absolute atomic E-state index is 0.105. The molecule has 0 aliphatic heterocycles. The molecule has 2 nitrogen and oxygen atoms in total. The van der Waals surface area contributed by atoms with Gasteiger partial charge in [-0.05, 0) is 12.1 Å². The number of benzene rings is 1. The minimum Gasteiger partial charge on any atom is -0.292 e. The maximum Gasteiger partial charge on any atom is 0.138 e. The van der Waals surface area contributed by atoms with Crippen molar-refractivity contribution in [2.45, 2.75) is 0 Å². The molecule has 62 valence electrons. The lowest BCUT2D eigenvalue weighted by Crippen LogP contribution is -1.97. The maximum absolute atomic E-state index is 12.8. The molecule has 1 rings (SSSR count). The van der Waals surface area contributed by atoms with E-state index in [1.807, 2.05) is 0 Å². The van der Waals surface area contributed by atoms with Crippen molar-refractivity contribution < 1.29 is 9.23 Å². The number of rotatable bonds is 1. The molecular formula is C9H8FNO. The summed E-state index contributed by atoms with van der Waals surface area (Å²) in [5.74, 6) is 9.54. The Morgan fingerprint density at radius 2 is 2.17 bits per heavy atom. The van der Waals surface area contributed by atoms with E-state index >= 15 is 0 Å². The van der Waals surface area contributed by atoms with Crippen LogP contribution in [0.1, 0.15) is 5.56 Å². The van der Waals surface area contributed by atoms with Crippen LogP contribution in [0.4, 0.5) is 4.39 Å². The average Bonchev–Trinajstić information content (AvgIpc) is 2.09. The zero-order valence-electron chi connectivity index (χ0n) is 6.38. The molecule has 0 spiro atoms. The second kappa shape index (κ2) is 4.50. The van der Waals surface area contributed by atoms with Crippen molar-refractivity contribution in [3.05, 3.63) is 35.6 Å². The molecule has 3 heteroatoms. The first kappa shape index (κ1) is 8.72. The van der Waals surface area contributed by atoms with Crippen molar-refractivity contribution in [1.29, 1.82) is 0 Å². The fraction of sp³-hybridized carbons (Fsp3) is 0.111. The van der Waals surface area contributed by atoms with Crippen molar-refractivity contribution >= 4 is 0 Å². The van der Waals surface area contributed by atoms with Crippen LogP contribution < -0.4 is 5.90 Å². The van der Waals surface area contributed by atoms with E-state index in [4.69, 9.17) is 5.90 Å². The summed E-state index contributed by atoms with van der Waals surface area (Å²) in [6, 6.07) is 6.28. The monoisotopic (exact) mass is 165 g/mol. The van der Waals surface area contributed by atoms with Crippen LogP contribution in [0.5, 0.6) is 0 Å². The topological polar surface area (TPSA) is 35.2 Å². The number of nitrogens with two attached hydrogens (primary N) is 1. The Hall–Kier alpha value is -1.37. The van der Waals surface area contributed by atoms with Gasteiger partial charge in [0.25, 0.3) is 0 Å². The van der Waals surface area contributed by atoms with Gasteiger partial charge < -0.3 is 0 Å². The summed E-state index contributed by atoms with van der Waals surface area (Å²) in [5, 5.41) is 0. The van der Waals surface area contributed by atoms with Gasteiger partial charge in [-0.25, -0.2) is 10.3 Å². The van der Waals surface area contributed by atoms with Gasteiger partial charge in [0.1, 0.15) is 12.4 Å². The second-order valence-corrected chi connectivity index (χ2v) is 2.09. The molecule has 0 aliphatic carbocycles. The molecule has 0 bridgehead atoms. The molecule has 0 radical (unpaired) electrons. The number of hydrogen-bond acceptors (Lipinski definition) is 2. The van der Waals surface area contributed by atoms with Gasteiger partial charge in [-0.15, -0.1) is 0 Å². The average molecular weight is 165 g/mol. The first-order valence-electron chi connectivity index (χ1n) is 3.39. The van der Waals surface area contributed by atoms with Gasteiger partial charge in [-0.2, -0.15) is 0 Å². The highest BCUT2D eigenvalue weighted by atomic mass is 19.1. The van der Waals surface area contributed by atoms with E-state index < -0.39 is 0 Å². The first-order valence-corrected chi connectivity index (χ1v) is 3.39. The molecule has 0 amide bonds. The Kier molecular flexibility index (Phi) is 3.27. The summed E-state index contributed by atoms with van der Waals surface area (Å²) in [5.41, 5.74) is 0.356. The van der Waals surface area contributed by atoms with Crippen LogP contribution in [0.2, 0.25) is 0 Å². The largest absolute Gasteiger partial charge is 0.292 e. The van der Waals surface area contributed by atoms with Gasteiger partial charge in [0, 0.05) is 0 Å². The Morgan fingerprint density at radius 3 is 2.83 bits per heavy atom. The normalized spacial score (nSPS) is 8.83. The van der Waals surface area contributed by atoms with Crippen LogP contribution in [0.15, 0.2) is 24.3 Å². The summed E-state index contributed by atoms with van der Waals surface area (Å²) < 4.78 is 12.8. The van der Waals surface area contributed by atoms with Crippen LogP contribution >= 0.6 is 0 Å². The highest BCUT2D eigenvalue weighted by molar-refractivity contribution is 5.35. The van der Waals surface area contributed by atoms with E-state index in [2.05, 4.69) is 16.7 Å². The van der Waals surface area contributed by atoms with Crippen molar-refractivity contribution in [2.75, 3.05) is 6.61 Å². The van der Waals surface area contributed by atoms with E-state index in [1.165, 1.54) is 6.07 Å². The lowest BCUT2D eigenvalue weighted by Gasteiger charge is -1.90. The Bertz CT molecular complexity index is 314. The van der Waals surface area contributed by atoms with Crippen LogP contribution in [-0.4, -0.2) is 6.61 Å². The standard InChI is InChI=1S/C9H8FNO/c10-9-6-2-1-4-8(9)5-3-7-12-11/h1-2,4,6H,7,11H2. The Labute approximate surface area is 70.1 Å². The van der Waals surface area contributed by atoms with Gasteiger partial charge >= 0.3 is 0 Å². The number of hydrogen-bond donors (Lipinski definition) is 1. The fourth-order valence-corrected chi connectivity index (χ4v) is 0.736. The third kappa shape index (κ3) is 2.35. The van der Waals surface area contributed by atoms with E-state index in [0.29, 0.717) is 5.56 Å². The lowest BCUT2D eigenvalue weighted by atomic mass is 10.2. The van der Waals surface area contributed by atoms with Gasteiger partial charge in [0.15, 0.2) is 0 Å². The summed E-state index contributed by atoms with van der Waals surface area (Å²) in [4.78, 5) is 4.21. The molecule has 0 fully saturated rings. The van der Waals surface area contributed by atoms with Gasteiger partial charge in [0.05, 0.1) is 5.56 Å².